The van der Waals surface area contributed by atoms with Crippen molar-refractivity contribution in [1.29, 1.82) is 0 Å². The molecule has 0 aliphatic carbocycles. The molecule has 0 aliphatic rings. The summed E-state index contributed by atoms with van der Waals surface area (Å²) in [5.74, 6) is 0.857. The first-order chi connectivity index (χ1) is 12.2. The normalized spacial score (nSPS) is 10.4. The first kappa shape index (κ1) is 16.7. The number of hydrogen-bond acceptors (Lipinski definition) is 5. The highest BCUT2D eigenvalue weighted by molar-refractivity contribution is 6.02. The molecule has 1 heterocycles. The highest BCUT2D eigenvalue weighted by atomic mass is 16.5. The number of amides is 1. The average molecular weight is 337 g/mol. The highest BCUT2D eigenvalue weighted by Gasteiger charge is 2.12. The van der Waals surface area contributed by atoms with E-state index in [0.717, 1.165) is 11.3 Å². The first-order valence-corrected chi connectivity index (χ1v) is 7.97. The number of carbonyl (C=O) groups is 1. The van der Waals surface area contributed by atoms with Gasteiger partial charge in [0, 0.05) is 18.7 Å². The molecule has 3 N–H and O–H groups in total. The van der Waals surface area contributed by atoms with E-state index in [-0.39, 0.29) is 11.6 Å². The summed E-state index contributed by atoms with van der Waals surface area (Å²) in [6, 6.07) is 17.1. The molecule has 3 rings (SSSR count). The Kier molecular flexibility index (Phi) is 5.43. The number of nitrogens with zero attached hydrogens (tertiary/aromatic N) is 1. The molecule has 1 aromatic heterocycles. The van der Waals surface area contributed by atoms with E-state index in [2.05, 4.69) is 10.3 Å². The minimum absolute atomic E-state index is 0.229. The number of anilines is 1. The molecule has 0 unspecified atom stereocenters. The van der Waals surface area contributed by atoms with Gasteiger partial charge in [-0.3, -0.25) is 4.79 Å². The SMILES string of the molecule is NCCc1nc(C(=O)Nc2ccc(OCc3ccccc3)cc2)co1. The van der Waals surface area contributed by atoms with Crippen molar-refractivity contribution in [2.24, 2.45) is 5.73 Å². The molecule has 6 heteroatoms. The summed E-state index contributed by atoms with van der Waals surface area (Å²) in [6.07, 6.45) is 1.83. The van der Waals surface area contributed by atoms with Crippen LogP contribution in [0.1, 0.15) is 21.9 Å². The maximum Gasteiger partial charge on any atom is 0.277 e. The van der Waals surface area contributed by atoms with Crippen LogP contribution < -0.4 is 15.8 Å². The standard InChI is InChI=1S/C19H19N3O3/c20-11-10-18-22-17(13-25-18)19(23)21-15-6-8-16(9-7-15)24-12-14-4-2-1-3-5-14/h1-9,13H,10-12,20H2,(H,21,23). The lowest BCUT2D eigenvalue weighted by molar-refractivity contribution is 0.102. The quantitative estimate of drug-likeness (QED) is 0.691. The van der Waals surface area contributed by atoms with Crippen molar-refractivity contribution in [3.63, 3.8) is 0 Å². The highest BCUT2D eigenvalue weighted by Crippen LogP contribution is 2.18. The fourth-order valence-corrected chi connectivity index (χ4v) is 2.22. The molecule has 0 radical (unpaired) electrons. The predicted molar refractivity (Wildman–Crippen MR) is 94.4 cm³/mol. The zero-order chi connectivity index (χ0) is 17.5. The van der Waals surface area contributed by atoms with Crippen molar-refractivity contribution in [2.75, 3.05) is 11.9 Å². The molecule has 2 aromatic carbocycles. The molecule has 0 saturated carbocycles. The van der Waals surface area contributed by atoms with Crippen LogP contribution in [0, 0.1) is 0 Å². The van der Waals surface area contributed by atoms with Crippen LogP contribution in [0.2, 0.25) is 0 Å². The third-order valence-electron chi connectivity index (χ3n) is 3.50. The van der Waals surface area contributed by atoms with Gasteiger partial charge in [-0.15, -0.1) is 0 Å². The van der Waals surface area contributed by atoms with Crippen LogP contribution in [0.15, 0.2) is 65.3 Å². The fraction of sp³-hybridized carbons (Fsp3) is 0.158. The number of rotatable bonds is 7. The van der Waals surface area contributed by atoms with Crippen LogP contribution in [0.3, 0.4) is 0 Å². The Labute approximate surface area is 145 Å². The van der Waals surface area contributed by atoms with E-state index in [4.69, 9.17) is 14.9 Å². The van der Waals surface area contributed by atoms with Gasteiger partial charge in [0.2, 0.25) is 0 Å². The Balaban J connectivity index is 1.55. The number of nitrogens with one attached hydrogen (secondary N) is 1. The summed E-state index contributed by atoms with van der Waals surface area (Å²) in [4.78, 5) is 16.2. The summed E-state index contributed by atoms with van der Waals surface area (Å²) >= 11 is 0. The molecular formula is C19H19N3O3. The van der Waals surface area contributed by atoms with E-state index in [1.165, 1.54) is 6.26 Å². The second kappa shape index (κ2) is 8.12. The second-order valence-corrected chi connectivity index (χ2v) is 5.42. The van der Waals surface area contributed by atoms with Crippen LogP contribution in [-0.4, -0.2) is 17.4 Å². The lowest BCUT2D eigenvalue weighted by Crippen LogP contribution is -2.12. The van der Waals surface area contributed by atoms with Gasteiger partial charge < -0.3 is 20.2 Å². The summed E-state index contributed by atoms with van der Waals surface area (Å²) in [6.45, 7) is 0.918. The third kappa shape index (κ3) is 4.68. The predicted octanol–water partition coefficient (Wildman–Crippen LogP) is 3.01. The van der Waals surface area contributed by atoms with Crippen molar-refractivity contribution in [3.05, 3.63) is 78.0 Å². The molecule has 6 nitrogen and oxygen atoms in total. The van der Waals surface area contributed by atoms with E-state index in [1.54, 1.807) is 24.3 Å². The maximum atomic E-state index is 12.1. The van der Waals surface area contributed by atoms with Gasteiger partial charge in [-0.2, -0.15) is 0 Å². The zero-order valence-corrected chi connectivity index (χ0v) is 13.6. The van der Waals surface area contributed by atoms with Crippen LogP contribution in [-0.2, 0) is 13.0 Å². The molecule has 0 atom stereocenters. The Morgan fingerprint density at radius 2 is 1.88 bits per heavy atom. The zero-order valence-electron chi connectivity index (χ0n) is 13.6. The molecule has 0 spiro atoms. The minimum Gasteiger partial charge on any atom is -0.489 e. The number of nitrogens with two attached hydrogens (primary N) is 1. The topological polar surface area (TPSA) is 90.4 Å². The van der Waals surface area contributed by atoms with E-state index in [0.29, 0.717) is 31.2 Å². The molecule has 128 valence electrons. The van der Waals surface area contributed by atoms with Crippen molar-refractivity contribution in [1.82, 2.24) is 4.98 Å². The summed E-state index contributed by atoms with van der Waals surface area (Å²) in [5, 5.41) is 2.77. The molecule has 25 heavy (non-hydrogen) atoms. The van der Waals surface area contributed by atoms with Gasteiger partial charge in [0.25, 0.3) is 5.91 Å². The lowest BCUT2D eigenvalue weighted by Gasteiger charge is -2.08. The molecule has 0 aliphatic heterocycles. The molecule has 0 bridgehead atoms. The Morgan fingerprint density at radius 3 is 2.60 bits per heavy atom. The molecule has 1 amide bonds. The van der Waals surface area contributed by atoms with E-state index in [9.17, 15) is 4.79 Å². The van der Waals surface area contributed by atoms with Gasteiger partial charge >= 0.3 is 0 Å². The largest absolute Gasteiger partial charge is 0.489 e. The second-order valence-electron chi connectivity index (χ2n) is 5.42. The van der Waals surface area contributed by atoms with Gasteiger partial charge in [0.15, 0.2) is 11.6 Å². The number of aromatic nitrogens is 1. The van der Waals surface area contributed by atoms with Gasteiger partial charge in [0.1, 0.15) is 18.6 Å². The molecule has 0 saturated heterocycles. The summed E-state index contributed by atoms with van der Waals surface area (Å²) in [5.41, 5.74) is 7.41. The van der Waals surface area contributed by atoms with E-state index in [1.807, 2.05) is 30.3 Å². The third-order valence-corrected chi connectivity index (χ3v) is 3.50. The van der Waals surface area contributed by atoms with Gasteiger partial charge in [0.05, 0.1) is 0 Å². The number of benzene rings is 2. The number of ether oxygens (including phenoxy) is 1. The minimum atomic E-state index is -0.329. The van der Waals surface area contributed by atoms with Gasteiger partial charge in [-0.05, 0) is 29.8 Å². The van der Waals surface area contributed by atoms with Gasteiger partial charge in [-0.25, -0.2) is 4.98 Å². The van der Waals surface area contributed by atoms with Crippen molar-refractivity contribution < 1.29 is 13.9 Å². The monoisotopic (exact) mass is 337 g/mol. The van der Waals surface area contributed by atoms with Crippen LogP contribution in [0.4, 0.5) is 5.69 Å². The molecule has 3 aromatic rings. The van der Waals surface area contributed by atoms with E-state index < -0.39 is 0 Å². The van der Waals surface area contributed by atoms with Crippen LogP contribution >= 0.6 is 0 Å². The summed E-state index contributed by atoms with van der Waals surface area (Å²) in [7, 11) is 0. The molecule has 0 fully saturated rings. The Hall–Kier alpha value is -3.12. The Morgan fingerprint density at radius 1 is 1.12 bits per heavy atom. The van der Waals surface area contributed by atoms with Gasteiger partial charge in [-0.1, -0.05) is 30.3 Å². The average Bonchev–Trinajstić information content (AvgIpc) is 3.11. The van der Waals surface area contributed by atoms with Crippen LogP contribution in [0.25, 0.3) is 0 Å². The first-order valence-electron chi connectivity index (χ1n) is 7.97. The fourth-order valence-electron chi connectivity index (χ4n) is 2.22. The summed E-state index contributed by atoms with van der Waals surface area (Å²) < 4.78 is 10.9. The number of carbonyl (C=O) groups excluding carboxylic acids is 1. The maximum absolute atomic E-state index is 12.1. The van der Waals surface area contributed by atoms with Crippen molar-refractivity contribution in [3.8, 4) is 5.75 Å². The van der Waals surface area contributed by atoms with Crippen molar-refractivity contribution >= 4 is 11.6 Å². The van der Waals surface area contributed by atoms with Crippen LogP contribution in [0.5, 0.6) is 5.75 Å². The van der Waals surface area contributed by atoms with Crippen molar-refractivity contribution in [2.45, 2.75) is 13.0 Å². The number of hydrogen-bond donors (Lipinski definition) is 2. The Bertz CT molecular complexity index is 813. The smallest absolute Gasteiger partial charge is 0.277 e. The number of oxazole rings is 1. The lowest BCUT2D eigenvalue weighted by atomic mass is 10.2. The molecular weight excluding hydrogens is 318 g/mol. The van der Waals surface area contributed by atoms with E-state index >= 15 is 0 Å².